The van der Waals surface area contributed by atoms with Crippen LogP contribution in [-0.4, -0.2) is 23.5 Å². The van der Waals surface area contributed by atoms with Gasteiger partial charge in [-0.1, -0.05) is 11.2 Å². The van der Waals surface area contributed by atoms with Crippen LogP contribution in [0.15, 0.2) is 51.6 Å². The molecule has 7 heteroatoms. The number of amides is 2. The molecule has 3 aromatic rings. The van der Waals surface area contributed by atoms with Crippen LogP contribution in [0.5, 0.6) is 0 Å². The van der Waals surface area contributed by atoms with Crippen molar-refractivity contribution in [1.82, 2.24) is 5.16 Å². The van der Waals surface area contributed by atoms with E-state index in [0.29, 0.717) is 23.8 Å². The minimum absolute atomic E-state index is 0.195. The number of fused-ring (bicyclic) bond motifs is 1. The summed E-state index contributed by atoms with van der Waals surface area (Å²) >= 11 is 0. The number of benzene rings is 1. The maximum atomic E-state index is 12.6. The molecule has 126 valence electrons. The van der Waals surface area contributed by atoms with Gasteiger partial charge < -0.3 is 19.2 Å². The second kappa shape index (κ2) is 5.94. The Morgan fingerprint density at radius 2 is 2.12 bits per heavy atom. The summed E-state index contributed by atoms with van der Waals surface area (Å²) in [5.41, 5.74) is 2.62. The monoisotopic (exact) mass is 337 g/mol. The van der Waals surface area contributed by atoms with Crippen LogP contribution in [-0.2, 0) is 6.42 Å². The third-order valence-corrected chi connectivity index (χ3v) is 4.08. The van der Waals surface area contributed by atoms with Crippen molar-refractivity contribution in [3.8, 4) is 0 Å². The minimum Gasteiger partial charge on any atom is -0.459 e. The van der Waals surface area contributed by atoms with Gasteiger partial charge in [0.15, 0.2) is 11.5 Å². The van der Waals surface area contributed by atoms with Crippen LogP contribution in [0.4, 0.5) is 11.4 Å². The number of nitrogens with one attached hydrogen (secondary N) is 1. The molecule has 0 saturated carbocycles. The molecule has 0 radical (unpaired) electrons. The van der Waals surface area contributed by atoms with E-state index >= 15 is 0 Å². The molecule has 0 fully saturated rings. The quantitative estimate of drug-likeness (QED) is 0.793. The average Bonchev–Trinajstić information content (AvgIpc) is 3.34. The first-order valence-corrected chi connectivity index (χ1v) is 7.85. The second-order valence-electron chi connectivity index (χ2n) is 5.80. The molecule has 0 atom stereocenters. The van der Waals surface area contributed by atoms with Gasteiger partial charge in [-0.3, -0.25) is 9.59 Å². The van der Waals surface area contributed by atoms with E-state index in [-0.39, 0.29) is 17.5 Å². The molecule has 3 heterocycles. The number of anilines is 2. The number of rotatable bonds is 3. The highest BCUT2D eigenvalue weighted by Gasteiger charge is 2.27. The number of hydrogen-bond donors (Lipinski definition) is 1. The van der Waals surface area contributed by atoms with Crippen LogP contribution in [0.3, 0.4) is 0 Å². The molecular formula is C18H15N3O4. The lowest BCUT2D eigenvalue weighted by atomic mass is 10.1. The molecule has 0 saturated heterocycles. The first kappa shape index (κ1) is 15.2. The molecule has 0 spiro atoms. The lowest BCUT2D eigenvalue weighted by Gasteiger charge is -2.16. The van der Waals surface area contributed by atoms with Gasteiger partial charge in [-0.2, -0.15) is 0 Å². The summed E-state index contributed by atoms with van der Waals surface area (Å²) in [5.74, 6) is 0.299. The zero-order chi connectivity index (χ0) is 17.4. The molecule has 1 N–H and O–H groups in total. The van der Waals surface area contributed by atoms with E-state index in [0.717, 1.165) is 17.7 Å². The number of carbonyl (C=O) groups is 2. The number of nitrogens with zero attached hydrogens (tertiary/aromatic N) is 2. The van der Waals surface area contributed by atoms with Gasteiger partial charge in [-0.15, -0.1) is 0 Å². The number of furan rings is 1. The molecule has 1 aliphatic heterocycles. The third-order valence-electron chi connectivity index (χ3n) is 4.08. The smallest absolute Gasteiger partial charge is 0.293 e. The first-order chi connectivity index (χ1) is 12.1. The fourth-order valence-corrected chi connectivity index (χ4v) is 2.87. The van der Waals surface area contributed by atoms with E-state index in [9.17, 15) is 9.59 Å². The molecule has 2 aromatic heterocycles. The van der Waals surface area contributed by atoms with Gasteiger partial charge in [0.1, 0.15) is 5.76 Å². The zero-order valence-electron chi connectivity index (χ0n) is 13.5. The summed E-state index contributed by atoms with van der Waals surface area (Å²) < 4.78 is 10.1. The third kappa shape index (κ3) is 2.80. The lowest BCUT2D eigenvalue weighted by molar-refractivity contribution is 0.0962. The Morgan fingerprint density at radius 3 is 2.84 bits per heavy atom. The van der Waals surface area contributed by atoms with Gasteiger partial charge in [-0.25, -0.2) is 0 Å². The number of aromatic nitrogens is 1. The Kier molecular flexibility index (Phi) is 3.61. The number of aryl methyl sites for hydroxylation is 1. The standard InChI is InChI=1S/C18H15N3O4/c1-11-9-14(20-25-11)17(22)19-13-5-4-12-6-7-21(15(12)10-13)18(23)16-3-2-8-24-16/h2-5,8-10H,6-7H2,1H3,(H,19,22). The first-order valence-electron chi connectivity index (χ1n) is 7.85. The van der Waals surface area contributed by atoms with Crippen LogP contribution < -0.4 is 10.2 Å². The van der Waals surface area contributed by atoms with Gasteiger partial charge in [0.2, 0.25) is 0 Å². The highest BCUT2D eigenvalue weighted by molar-refractivity contribution is 6.07. The summed E-state index contributed by atoms with van der Waals surface area (Å²) in [7, 11) is 0. The highest BCUT2D eigenvalue weighted by atomic mass is 16.5. The highest BCUT2D eigenvalue weighted by Crippen LogP contribution is 2.32. The summed E-state index contributed by atoms with van der Waals surface area (Å²) in [6, 6.07) is 10.4. The minimum atomic E-state index is -0.362. The topological polar surface area (TPSA) is 88.6 Å². The van der Waals surface area contributed by atoms with E-state index in [1.807, 2.05) is 12.1 Å². The number of hydrogen-bond acceptors (Lipinski definition) is 5. The van der Waals surface area contributed by atoms with Crippen molar-refractivity contribution in [1.29, 1.82) is 0 Å². The van der Waals surface area contributed by atoms with Gasteiger partial charge in [0, 0.05) is 24.0 Å². The SMILES string of the molecule is Cc1cc(C(=O)Nc2ccc3c(c2)N(C(=O)c2ccco2)CC3)no1. The van der Waals surface area contributed by atoms with Crippen molar-refractivity contribution in [2.45, 2.75) is 13.3 Å². The molecular weight excluding hydrogens is 322 g/mol. The molecule has 0 aliphatic carbocycles. The Labute approximate surface area is 143 Å². The van der Waals surface area contributed by atoms with Crippen LogP contribution in [0.2, 0.25) is 0 Å². The van der Waals surface area contributed by atoms with E-state index in [1.165, 1.54) is 6.26 Å². The van der Waals surface area contributed by atoms with Crippen LogP contribution in [0.25, 0.3) is 0 Å². The van der Waals surface area contributed by atoms with Crippen molar-refractivity contribution in [3.63, 3.8) is 0 Å². The van der Waals surface area contributed by atoms with E-state index in [4.69, 9.17) is 8.94 Å². The maximum absolute atomic E-state index is 12.6. The molecule has 1 aliphatic rings. The van der Waals surface area contributed by atoms with E-state index in [1.54, 1.807) is 36.1 Å². The van der Waals surface area contributed by atoms with Gasteiger partial charge in [0.05, 0.1) is 6.26 Å². The molecule has 0 unspecified atom stereocenters. The second-order valence-corrected chi connectivity index (χ2v) is 5.80. The molecule has 25 heavy (non-hydrogen) atoms. The van der Waals surface area contributed by atoms with Crippen molar-refractivity contribution in [3.05, 3.63) is 65.4 Å². The molecule has 0 bridgehead atoms. The molecule has 1 aromatic carbocycles. The van der Waals surface area contributed by atoms with Crippen LogP contribution >= 0.6 is 0 Å². The zero-order valence-corrected chi connectivity index (χ0v) is 13.5. The average molecular weight is 337 g/mol. The summed E-state index contributed by atoms with van der Waals surface area (Å²) in [6.45, 7) is 2.30. The fraction of sp³-hybridized carbons (Fsp3) is 0.167. The Morgan fingerprint density at radius 1 is 1.24 bits per heavy atom. The molecule has 4 rings (SSSR count). The fourth-order valence-electron chi connectivity index (χ4n) is 2.87. The van der Waals surface area contributed by atoms with E-state index < -0.39 is 0 Å². The largest absolute Gasteiger partial charge is 0.459 e. The predicted octanol–water partition coefficient (Wildman–Crippen LogP) is 3.03. The normalized spacial score (nSPS) is 12.9. The van der Waals surface area contributed by atoms with Gasteiger partial charge in [0.25, 0.3) is 11.8 Å². The van der Waals surface area contributed by atoms with Crippen molar-refractivity contribution >= 4 is 23.2 Å². The van der Waals surface area contributed by atoms with Gasteiger partial charge >= 0.3 is 0 Å². The maximum Gasteiger partial charge on any atom is 0.293 e. The van der Waals surface area contributed by atoms with Gasteiger partial charge in [-0.05, 0) is 43.2 Å². The Hall–Kier alpha value is -3.35. The van der Waals surface area contributed by atoms with Crippen LogP contribution in [0.1, 0.15) is 32.4 Å². The van der Waals surface area contributed by atoms with Crippen molar-refractivity contribution in [2.75, 3.05) is 16.8 Å². The van der Waals surface area contributed by atoms with Crippen molar-refractivity contribution in [2.24, 2.45) is 0 Å². The lowest BCUT2D eigenvalue weighted by Crippen LogP contribution is -2.28. The summed E-state index contributed by atoms with van der Waals surface area (Å²) in [5, 5.41) is 6.47. The molecule has 7 nitrogen and oxygen atoms in total. The predicted molar refractivity (Wildman–Crippen MR) is 89.7 cm³/mol. The Bertz CT molecular complexity index is 943. The van der Waals surface area contributed by atoms with Crippen molar-refractivity contribution < 1.29 is 18.5 Å². The van der Waals surface area contributed by atoms with E-state index in [2.05, 4.69) is 10.5 Å². The Balaban J connectivity index is 1.58. The summed E-state index contributed by atoms with van der Waals surface area (Å²) in [4.78, 5) is 26.4. The number of carbonyl (C=O) groups excluding carboxylic acids is 2. The van der Waals surface area contributed by atoms with Crippen LogP contribution in [0, 0.1) is 6.92 Å². The summed E-state index contributed by atoms with van der Waals surface area (Å²) in [6.07, 6.45) is 2.24. The molecule has 2 amide bonds.